The second kappa shape index (κ2) is 8.48. The largest absolute Gasteiger partial charge is 0.497 e. The van der Waals surface area contributed by atoms with Crippen LogP contribution in [0.2, 0.25) is 0 Å². The molecule has 0 saturated heterocycles. The number of fused-ring (bicyclic) bond motifs is 1. The van der Waals surface area contributed by atoms with E-state index in [2.05, 4.69) is 15.6 Å². The van der Waals surface area contributed by atoms with Gasteiger partial charge in [0.2, 0.25) is 5.91 Å². The first-order valence-corrected chi connectivity index (χ1v) is 10.3. The summed E-state index contributed by atoms with van der Waals surface area (Å²) >= 11 is 1.58. The number of benzene rings is 1. The molecule has 3 heterocycles. The normalized spacial score (nSPS) is 15.4. The Bertz CT molecular complexity index is 996. The Morgan fingerprint density at radius 2 is 2.10 bits per heavy atom. The molecule has 0 spiro atoms. The number of rotatable bonds is 6. The molecule has 29 heavy (non-hydrogen) atoms. The minimum Gasteiger partial charge on any atom is -0.497 e. The van der Waals surface area contributed by atoms with Crippen LogP contribution in [-0.2, 0) is 24.2 Å². The van der Waals surface area contributed by atoms with Gasteiger partial charge >= 0.3 is 0 Å². The second-order valence-electron chi connectivity index (χ2n) is 6.91. The van der Waals surface area contributed by atoms with Gasteiger partial charge in [-0.15, -0.1) is 11.3 Å². The lowest BCUT2D eigenvalue weighted by Crippen LogP contribution is -2.42. The molecule has 2 aromatic heterocycles. The van der Waals surface area contributed by atoms with E-state index in [9.17, 15) is 9.59 Å². The van der Waals surface area contributed by atoms with Gasteiger partial charge in [-0.2, -0.15) is 0 Å². The van der Waals surface area contributed by atoms with Gasteiger partial charge in [-0.1, -0.05) is 6.07 Å². The van der Waals surface area contributed by atoms with E-state index in [0.29, 0.717) is 24.3 Å². The Hall–Kier alpha value is -3.13. The number of nitrogens with one attached hydrogen (secondary N) is 2. The van der Waals surface area contributed by atoms with Crippen molar-refractivity contribution < 1.29 is 14.3 Å². The van der Waals surface area contributed by atoms with Crippen molar-refractivity contribution in [3.8, 4) is 5.75 Å². The van der Waals surface area contributed by atoms with Crippen LogP contribution in [0.3, 0.4) is 0 Å². The Labute approximate surface area is 172 Å². The molecule has 0 unspecified atom stereocenters. The first kappa shape index (κ1) is 19.2. The van der Waals surface area contributed by atoms with Crippen molar-refractivity contribution in [1.82, 2.24) is 14.9 Å². The standard InChI is InChI=1S/C21H22N4O3S/c1-28-16-7-4-14(5-8-16)24-21(27)18-12-22-19-9-6-15(13-25(18)19)23-20(26)11-17-3-2-10-29-17/h2-5,7-8,10,12,15H,6,9,11,13H2,1H3,(H,23,26)(H,24,27)/t15-/m1/s1. The molecular weight excluding hydrogens is 388 g/mol. The number of carbonyl (C=O) groups is 2. The molecule has 0 fully saturated rings. The minimum absolute atomic E-state index is 0.00486. The van der Waals surface area contributed by atoms with Crippen LogP contribution in [0.1, 0.15) is 27.6 Å². The summed E-state index contributed by atoms with van der Waals surface area (Å²) in [6.45, 7) is 0.539. The number of imidazole rings is 1. The van der Waals surface area contributed by atoms with Gasteiger partial charge in [-0.25, -0.2) is 4.98 Å². The number of nitrogens with zero attached hydrogens (tertiary/aromatic N) is 2. The lowest BCUT2D eigenvalue weighted by molar-refractivity contribution is -0.121. The van der Waals surface area contributed by atoms with E-state index in [-0.39, 0.29) is 17.9 Å². The molecule has 2 N–H and O–H groups in total. The predicted octanol–water partition coefficient (Wildman–Crippen LogP) is 2.88. The summed E-state index contributed by atoms with van der Waals surface area (Å²) in [7, 11) is 1.60. The number of methoxy groups -OCH3 is 1. The van der Waals surface area contributed by atoms with Crippen molar-refractivity contribution in [3.05, 3.63) is 64.4 Å². The Morgan fingerprint density at radius 1 is 1.28 bits per heavy atom. The van der Waals surface area contributed by atoms with Crippen LogP contribution in [-0.4, -0.2) is 34.5 Å². The summed E-state index contributed by atoms with van der Waals surface area (Å²) in [5.74, 6) is 1.38. The van der Waals surface area contributed by atoms with Gasteiger partial charge in [0.25, 0.3) is 5.91 Å². The molecule has 1 aromatic carbocycles. The van der Waals surface area contributed by atoms with Crippen molar-refractivity contribution in [1.29, 1.82) is 0 Å². The van der Waals surface area contributed by atoms with Gasteiger partial charge in [0.15, 0.2) is 0 Å². The van der Waals surface area contributed by atoms with Crippen molar-refractivity contribution in [2.75, 3.05) is 12.4 Å². The van der Waals surface area contributed by atoms with Gasteiger partial charge in [0.05, 0.1) is 19.7 Å². The molecule has 4 rings (SSSR count). The van der Waals surface area contributed by atoms with Gasteiger partial charge in [-0.3, -0.25) is 9.59 Å². The molecule has 0 bridgehead atoms. The van der Waals surface area contributed by atoms with Crippen molar-refractivity contribution in [2.45, 2.75) is 31.8 Å². The van der Waals surface area contributed by atoms with Crippen molar-refractivity contribution in [3.63, 3.8) is 0 Å². The third-order valence-electron chi connectivity index (χ3n) is 4.92. The zero-order valence-corrected chi connectivity index (χ0v) is 16.9. The number of thiophene rings is 1. The average Bonchev–Trinajstić information content (AvgIpc) is 3.38. The summed E-state index contributed by atoms with van der Waals surface area (Å²) in [4.78, 5) is 30.5. The molecule has 8 heteroatoms. The second-order valence-corrected chi connectivity index (χ2v) is 7.94. The predicted molar refractivity (Wildman–Crippen MR) is 111 cm³/mol. The maximum absolute atomic E-state index is 12.8. The van der Waals surface area contributed by atoms with E-state index >= 15 is 0 Å². The van der Waals surface area contributed by atoms with E-state index in [1.54, 1.807) is 48.9 Å². The highest BCUT2D eigenvalue weighted by Gasteiger charge is 2.25. The van der Waals surface area contributed by atoms with Crippen LogP contribution in [0.4, 0.5) is 5.69 Å². The molecule has 2 amide bonds. The fraction of sp³-hybridized carbons (Fsp3) is 0.286. The summed E-state index contributed by atoms with van der Waals surface area (Å²) in [6, 6.07) is 11.0. The highest BCUT2D eigenvalue weighted by Crippen LogP contribution is 2.20. The number of hydrogen-bond donors (Lipinski definition) is 2. The third-order valence-corrected chi connectivity index (χ3v) is 5.79. The number of aryl methyl sites for hydroxylation is 1. The molecule has 1 aliphatic rings. The highest BCUT2D eigenvalue weighted by atomic mass is 32.1. The van der Waals surface area contributed by atoms with Crippen LogP contribution >= 0.6 is 11.3 Å². The minimum atomic E-state index is -0.223. The smallest absolute Gasteiger partial charge is 0.273 e. The van der Waals surface area contributed by atoms with Crippen molar-refractivity contribution in [2.24, 2.45) is 0 Å². The topological polar surface area (TPSA) is 85.2 Å². The molecule has 1 atom stereocenters. The first-order valence-electron chi connectivity index (χ1n) is 9.44. The molecule has 0 aliphatic carbocycles. The first-order chi connectivity index (χ1) is 14.1. The number of hydrogen-bond acceptors (Lipinski definition) is 5. The van der Waals surface area contributed by atoms with E-state index in [1.165, 1.54) is 0 Å². The van der Waals surface area contributed by atoms with Gasteiger partial charge in [-0.05, 0) is 42.1 Å². The van der Waals surface area contributed by atoms with Crippen LogP contribution in [0.5, 0.6) is 5.75 Å². The number of ether oxygens (including phenoxy) is 1. The zero-order valence-electron chi connectivity index (χ0n) is 16.1. The summed E-state index contributed by atoms with van der Waals surface area (Å²) in [5, 5.41) is 7.95. The van der Waals surface area contributed by atoms with E-state index in [4.69, 9.17) is 4.74 Å². The Morgan fingerprint density at radius 3 is 2.83 bits per heavy atom. The Balaban J connectivity index is 1.41. The molecular formula is C21H22N4O3S. The van der Waals surface area contributed by atoms with Crippen LogP contribution in [0.15, 0.2) is 48.0 Å². The molecule has 0 radical (unpaired) electrons. The average molecular weight is 410 g/mol. The monoisotopic (exact) mass is 410 g/mol. The lowest BCUT2D eigenvalue weighted by atomic mass is 10.1. The molecule has 150 valence electrons. The number of amides is 2. The fourth-order valence-electron chi connectivity index (χ4n) is 3.45. The van der Waals surface area contributed by atoms with Crippen LogP contribution in [0.25, 0.3) is 0 Å². The van der Waals surface area contributed by atoms with E-state index in [0.717, 1.165) is 29.3 Å². The molecule has 0 saturated carbocycles. The fourth-order valence-corrected chi connectivity index (χ4v) is 4.15. The summed E-state index contributed by atoms with van der Waals surface area (Å²) in [6.07, 6.45) is 3.52. The number of anilines is 1. The maximum Gasteiger partial charge on any atom is 0.273 e. The summed E-state index contributed by atoms with van der Waals surface area (Å²) < 4.78 is 7.04. The van der Waals surface area contributed by atoms with Crippen molar-refractivity contribution >= 4 is 28.8 Å². The zero-order chi connectivity index (χ0) is 20.2. The molecule has 7 nitrogen and oxygen atoms in total. The van der Waals surface area contributed by atoms with Crippen LogP contribution < -0.4 is 15.4 Å². The van der Waals surface area contributed by atoms with Gasteiger partial charge < -0.3 is 19.9 Å². The van der Waals surface area contributed by atoms with E-state index < -0.39 is 0 Å². The maximum atomic E-state index is 12.8. The quantitative estimate of drug-likeness (QED) is 0.654. The SMILES string of the molecule is COc1ccc(NC(=O)c2cnc3n2C[C@H](NC(=O)Cc2cccs2)CC3)cc1. The van der Waals surface area contributed by atoms with E-state index in [1.807, 2.05) is 22.1 Å². The Kier molecular flexibility index (Phi) is 5.62. The lowest BCUT2D eigenvalue weighted by Gasteiger charge is -2.26. The van der Waals surface area contributed by atoms with Gasteiger partial charge in [0, 0.05) is 29.6 Å². The number of carbonyl (C=O) groups excluding carboxylic acids is 2. The highest BCUT2D eigenvalue weighted by molar-refractivity contribution is 7.10. The van der Waals surface area contributed by atoms with Gasteiger partial charge in [0.1, 0.15) is 17.3 Å². The summed E-state index contributed by atoms with van der Waals surface area (Å²) in [5.41, 5.74) is 1.18. The molecule has 3 aromatic rings. The number of aromatic nitrogens is 2. The van der Waals surface area contributed by atoms with Crippen LogP contribution in [0, 0.1) is 0 Å². The molecule has 1 aliphatic heterocycles. The third kappa shape index (κ3) is 4.48.